The van der Waals surface area contributed by atoms with Crippen LogP contribution in [0.1, 0.15) is 20.8 Å². The molecule has 7 nitrogen and oxygen atoms in total. The number of anilines is 1. The summed E-state index contributed by atoms with van der Waals surface area (Å²) in [6, 6.07) is 15.3. The number of esters is 1. The van der Waals surface area contributed by atoms with Crippen LogP contribution in [-0.4, -0.2) is 31.3 Å². The molecule has 0 aliphatic heterocycles. The van der Waals surface area contributed by atoms with Crippen LogP contribution >= 0.6 is 0 Å². The second-order valence-electron chi connectivity index (χ2n) is 5.27. The van der Waals surface area contributed by atoms with Crippen molar-refractivity contribution in [1.82, 2.24) is 5.16 Å². The van der Waals surface area contributed by atoms with E-state index in [2.05, 4.69) is 10.5 Å². The van der Waals surface area contributed by atoms with Crippen molar-refractivity contribution in [3.05, 3.63) is 65.9 Å². The van der Waals surface area contributed by atoms with Gasteiger partial charge in [-0.25, -0.2) is 4.79 Å². The first kappa shape index (κ1) is 17.2. The normalized spacial score (nSPS) is 10.2. The zero-order chi connectivity index (χ0) is 18.5. The minimum atomic E-state index is -0.546. The average molecular weight is 352 g/mol. The van der Waals surface area contributed by atoms with Gasteiger partial charge >= 0.3 is 5.97 Å². The molecule has 0 radical (unpaired) electrons. The third kappa shape index (κ3) is 3.41. The van der Waals surface area contributed by atoms with Gasteiger partial charge in [0, 0.05) is 6.07 Å². The van der Waals surface area contributed by atoms with Crippen molar-refractivity contribution < 1.29 is 23.6 Å². The first-order valence-corrected chi connectivity index (χ1v) is 7.73. The Hall–Kier alpha value is -3.61. The molecule has 26 heavy (non-hydrogen) atoms. The van der Waals surface area contributed by atoms with E-state index in [1.165, 1.54) is 13.2 Å². The predicted molar refractivity (Wildman–Crippen MR) is 94.2 cm³/mol. The number of hydrogen-bond acceptors (Lipinski definition) is 6. The number of nitrogens with zero attached hydrogens (tertiary/aromatic N) is 1. The van der Waals surface area contributed by atoms with Crippen LogP contribution in [0.15, 0.2) is 59.1 Å². The maximum absolute atomic E-state index is 12.5. The van der Waals surface area contributed by atoms with E-state index in [4.69, 9.17) is 14.0 Å². The van der Waals surface area contributed by atoms with Crippen LogP contribution in [0, 0.1) is 0 Å². The number of carbonyl (C=O) groups is 2. The molecule has 0 saturated carbocycles. The number of amides is 1. The Morgan fingerprint density at radius 1 is 1.04 bits per heavy atom. The fraction of sp³-hybridized carbons (Fsp3) is 0.105. The van der Waals surface area contributed by atoms with Gasteiger partial charge in [-0.3, -0.25) is 4.79 Å². The van der Waals surface area contributed by atoms with Crippen LogP contribution in [0.5, 0.6) is 5.75 Å². The fourth-order valence-electron chi connectivity index (χ4n) is 2.42. The number of rotatable bonds is 5. The van der Waals surface area contributed by atoms with Crippen molar-refractivity contribution in [2.45, 2.75) is 0 Å². The standard InChI is InChI=1S/C19H16N2O5/c1-24-16-10-6-4-8-13(16)17-11-15(21-26-17)18(22)20-14-9-5-3-7-12(14)19(23)25-2/h3-11H,1-2H3,(H,20,22). The molecule has 1 N–H and O–H groups in total. The molecule has 0 bridgehead atoms. The Bertz CT molecular complexity index is 948. The van der Waals surface area contributed by atoms with Gasteiger partial charge in [0.1, 0.15) is 5.75 Å². The number of ether oxygens (including phenoxy) is 2. The summed E-state index contributed by atoms with van der Waals surface area (Å²) < 4.78 is 15.3. The summed E-state index contributed by atoms with van der Waals surface area (Å²) in [5.41, 5.74) is 1.32. The summed E-state index contributed by atoms with van der Waals surface area (Å²) in [6.45, 7) is 0. The van der Waals surface area contributed by atoms with Crippen LogP contribution in [0.4, 0.5) is 5.69 Å². The molecular weight excluding hydrogens is 336 g/mol. The topological polar surface area (TPSA) is 90.7 Å². The first-order valence-electron chi connectivity index (χ1n) is 7.73. The van der Waals surface area contributed by atoms with E-state index in [1.54, 1.807) is 43.5 Å². The molecule has 1 aromatic heterocycles. The van der Waals surface area contributed by atoms with Crippen molar-refractivity contribution in [2.24, 2.45) is 0 Å². The van der Waals surface area contributed by atoms with Crippen LogP contribution in [-0.2, 0) is 4.74 Å². The lowest BCUT2D eigenvalue weighted by Gasteiger charge is -2.08. The van der Waals surface area contributed by atoms with Gasteiger partial charge in [0.25, 0.3) is 5.91 Å². The third-order valence-corrected chi connectivity index (χ3v) is 3.70. The van der Waals surface area contributed by atoms with Gasteiger partial charge in [0.15, 0.2) is 11.5 Å². The summed E-state index contributed by atoms with van der Waals surface area (Å²) in [5.74, 6) is -0.0532. The summed E-state index contributed by atoms with van der Waals surface area (Å²) in [6.07, 6.45) is 0. The molecule has 132 valence electrons. The highest BCUT2D eigenvalue weighted by Crippen LogP contribution is 2.30. The molecule has 0 aliphatic rings. The Kier molecular flexibility index (Phi) is 4.98. The van der Waals surface area contributed by atoms with Gasteiger partial charge < -0.3 is 19.3 Å². The molecule has 7 heteroatoms. The van der Waals surface area contributed by atoms with Crippen LogP contribution in [0.3, 0.4) is 0 Å². The van der Waals surface area contributed by atoms with E-state index >= 15 is 0 Å². The maximum atomic E-state index is 12.5. The lowest BCUT2D eigenvalue weighted by molar-refractivity contribution is 0.0602. The van der Waals surface area contributed by atoms with Crippen molar-refractivity contribution in [3.63, 3.8) is 0 Å². The van der Waals surface area contributed by atoms with Crippen LogP contribution in [0.25, 0.3) is 11.3 Å². The molecule has 1 amide bonds. The minimum absolute atomic E-state index is 0.0746. The molecule has 3 aromatic rings. The SMILES string of the molecule is COC(=O)c1ccccc1NC(=O)c1cc(-c2ccccc2OC)on1. The molecule has 0 unspecified atom stereocenters. The van der Waals surface area contributed by atoms with Gasteiger partial charge in [-0.1, -0.05) is 29.4 Å². The summed E-state index contributed by atoms with van der Waals surface area (Å²) in [5, 5.41) is 6.44. The van der Waals surface area contributed by atoms with Gasteiger partial charge in [-0.2, -0.15) is 0 Å². The molecule has 0 aliphatic carbocycles. The van der Waals surface area contributed by atoms with E-state index in [0.717, 1.165) is 0 Å². The Morgan fingerprint density at radius 3 is 2.54 bits per heavy atom. The number of aromatic nitrogens is 1. The van der Waals surface area contributed by atoms with Gasteiger partial charge in [-0.05, 0) is 24.3 Å². The highest BCUT2D eigenvalue weighted by molar-refractivity contribution is 6.07. The molecule has 0 fully saturated rings. The average Bonchev–Trinajstić information content (AvgIpc) is 3.18. The van der Waals surface area contributed by atoms with Gasteiger partial charge in [0.05, 0.1) is 31.0 Å². The zero-order valence-corrected chi connectivity index (χ0v) is 14.2. The fourth-order valence-corrected chi connectivity index (χ4v) is 2.42. The molecule has 3 rings (SSSR count). The summed E-state index contributed by atoms with van der Waals surface area (Å²) >= 11 is 0. The number of methoxy groups -OCH3 is 2. The molecule has 1 heterocycles. The lowest BCUT2D eigenvalue weighted by Crippen LogP contribution is -2.15. The monoisotopic (exact) mass is 352 g/mol. The van der Waals surface area contributed by atoms with Gasteiger partial charge in [0.2, 0.25) is 0 Å². The summed E-state index contributed by atoms with van der Waals surface area (Å²) in [7, 11) is 2.82. The number of para-hydroxylation sites is 2. The van der Waals surface area contributed by atoms with E-state index < -0.39 is 11.9 Å². The minimum Gasteiger partial charge on any atom is -0.496 e. The zero-order valence-electron chi connectivity index (χ0n) is 14.2. The van der Waals surface area contributed by atoms with E-state index in [-0.39, 0.29) is 11.3 Å². The highest BCUT2D eigenvalue weighted by Gasteiger charge is 2.18. The van der Waals surface area contributed by atoms with E-state index in [0.29, 0.717) is 22.8 Å². The smallest absolute Gasteiger partial charge is 0.339 e. The number of benzene rings is 2. The predicted octanol–water partition coefficient (Wildman–Crippen LogP) is 3.39. The Labute approximate surface area is 149 Å². The number of carbonyl (C=O) groups excluding carboxylic acids is 2. The molecule has 2 aromatic carbocycles. The Balaban J connectivity index is 1.85. The van der Waals surface area contributed by atoms with Crippen LogP contribution < -0.4 is 10.1 Å². The first-order chi connectivity index (χ1) is 12.6. The third-order valence-electron chi connectivity index (χ3n) is 3.70. The molecular formula is C19H16N2O5. The van der Waals surface area contributed by atoms with Crippen molar-refractivity contribution in [3.8, 4) is 17.1 Å². The Morgan fingerprint density at radius 2 is 1.77 bits per heavy atom. The second kappa shape index (κ2) is 7.52. The largest absolute Gasteiger partial charge is 0.496 e. The van der Waals surface area contributed by atoms with Crippen LogP contribution in [0.2, 0.25) is 0 Å². The van der Waals surface area contributed by atoms with Crippen molar-refractivity contribution in [1.29, 1.82) is 0 Å². The van der Waals surface area contributed by atoms with E-state index in [9.17, 15) is 9.59 Å². The maximum Gasteiger partial charge on any atom is 0.339 e. The van der Waals surface area contributed by atoms with Crippen molar-refractivity contribution in [2.75, 3.05) is 19.5 Å². The highest BCUT2D eigenvalue weighted by atomic mass is 16.5. The van der Waals surface area contributed by atoms with E-state index in [1.807, 2.05) is 12.1 Å². The number of hydrogen-bond donors (Lipinski definition) is 1. The number of nitrogens with one attached hydrogen (secondary N) is 1. The quantitative estimate of drug-likeness (QED) is 0.708. The van der Waals surface area contributed by atoms with Gasteiger partial charge in [-0.15, -0.1) is 0 Å². The summed E-state index contributed by atoms with van der Waals surface area (Å²) in [4.78, 5) is 24.2. The molecule has 0 spiro atoms. The molecule has 0 saturated heterocycles. The van der Waals surface area contributed by atoms with Crippen molar-refractivity contribution >= 4 is 17.6 Å². The lowest BCUT2D eigenvalue weighted by atomic mass is 10.1. The second-order valence-corrected chi connectivity index (χ2v) is 5.27. The molecule has 0 atom stereocenters.